The van der Waals surface area contributed by atoms with Crippen LogP contribution in [0.15, 0.2) is 53.4 Å². The molecule has 1 amide bonds. The SMILES string of the molecule is Cn1ncc(Br)c1-c1cc(NC(=O)CCc2cccnc2)ccc1OCCN1CCCC1. The molecule has 3 heterocycles. The number of aromatic nitrogens is 3. The maximum absolute atomic E-state index is 12.5. The highest BCUT2D eigenvalue weighted by Crippen LogP contribution is 2.36. The van der Waals surface area contributed by atoms with Gasteiger partial charge in [-0.2, -0.15) is 5.10 Å². The Morgan fingerprint density at radius 1 is 1.22 bits per heavy atom. The van der Waals surface area contributed by atoms with E-state index in [1.165, 1.54) is 12.8 Å². The number of aryl methyl sites for hydroxylation is 2. The maximum Gasteiger partial charge on any atom is 0.224 e. The van der Waals surface area contributed by atoms with E-state index in [9.17, 15) is 4.79 Å². The van der Waals surface area contributed by atoms with Gasteiger partial charge in [-0.3, -0.25) is 19.4 Å². The van der Waals surface area contributed by atoms with Crippen LogP contribution in [0.4, 0.5) is 5.69 Å². The first kappa shape index (κ1) is 22.5. The van der Waals surface area contributed by atoms with E-state index in [0.29, 0.717) is 19.4 Å². The first-order valence-electron chi connectivity index (χ1n) is 11.0. The van der Waals surface area contributed by atoms with Gasteiger partial charge in [0, 0.05) is 43.7 Å². The molecule has 0 unspecified atom stereocenters. The minimum Gasteiger partial charge on any atom is -0.492 e. The van der Waals surface area contributed by atoms with Crippen molar-refractivity contribution in [3.8, 4) is 17.0 Å². The maximum atomic E-state index is 12.5. The van der Waals surface area contributed by atoms with E-state index in [2.05, 4.69) is 36.2 Å². The molecule has 0 atom stereocenters. The van der Waals surface area contributed by atoms with Crippen LogP contribution in [0.2, 0.25) is 0 Å². The largest absolute Gasteiger partial charge is 0.492 e. The fourth-order valence-electron chi connectivity index (χ4n) is 3.95. The van der Waals surface area contributed by atoms with Crippen molar-refractivity contribution >= 4 is 27.5 Å². The summed E-state index contributed by atoms with van der Waals surface area (Å²) in [5, 5.41) is 7.36. The number of pyridine rings is 1. The zero-order valence-corrected chi connectivity index (χ0v) is 19.8. The highest BCUT2D eigenvalue weighted by Gasteiger charge is 2.17. The van der Waals surface area contributed by atoms with Crippen LogP contribution in [0, 0.1) is 0 Å². The highest BCUT2D eigenvalue weighted by atomic mass is 79.9. The molecule has 1 fully saturated rings. The number of carbonyl (C=O) groups excluding carboxylic acids is 1. The van der Waals surface area contributed by atoms with Crippen molar-refractivity contribution in [2.45, 2.75) is 25.7 Å². The number of nitrogens with zero attached hydrogens (tertiary/aromatic N) is 4. The molecule has 1 saturated heterocycles. The summed E-state index contributed by atoms with van der Waals surface area (Å²) in [7, 11) is 1.90. The Kier molecular flexibility index (Phi) is 7.55. The summed E-state index contributed by atoms with van der Waals surface area (Å²) in [6.45, 7) is 3.83. The van der Waals surface area contributed by atoms with Crippen molar-refractivity contribution in [2.75, 3.05) is 31.6 Å². The molecule has 0 spiro atoms. The molecule has 3 aromatic rings. The Bertz CT molecular complexity index is 1030. The van der Waals surface area contributed by atoms with E-state index in [0.717, 1.165) is 52.4 Å². The average Bonchev–Trinajstić information content (AvgIpc) is 3.43. The molecule has 4 rings (SSSR count). The van der Waals surface area contributed by atoms with Gasteiger partial charge in [0.05, 0.1) is 16.4 Å². The van der Waals surface area contributed by atoms with E-state index in [1.807, 2.05) is 37.4 Å². The summed E-state index contributed by atoms with van der Waals surface area (Å²) in [4.78, 5) is 19.1. The number of likely N-dealkylation sites (tertiary alicyclic amines) is 1. The summed E-state index contributed by atoms with van der Waals surface area (Å²) in [5.41, 5.74) is 3.58. The van der Waals surface area contributed by atoms with Gasteiger partial charge in [-0.05, 0) is 78.1 Å². The molecule has 1 N–H and O–H groups in total. The number of rotatable bonds is 9. The number of hydrogen-bond acceptors (Lipinski definition) is 5. The van der Waals surface area contributed by atoms with Crippen LogP contribution < -0.4 is 10.1 Å². The van der Waals surface area contributed by atoms with Crippen molar-refractivity contribution < 1.29 is 9.53 Å². The van der Waals surface area contributed by atoms with E-state index in [4.69, 9.17) is 4.74 Å². The molecule has 32 heavy (non-hydrogen) atoms. The number of halogens is 1. The molecule has 1 aliphatic rings. The molecule has 0 saturated carbocycles. The number of amides is 1. The van der Waals surface area contributed by atoms with Crippen LogP contribution in [-0.2, 0) is 18.3 Å². The van der Waals surface area contributed by atoms with Crippen molar-refractivity contribution in [3.05, 3.63) is 59.0 Å². The van der Waals surface area contributed by atoms with Gasteiger partial charge in [-0.15, -0.1) is 0 Å². The molecule has 1 aliphatic heterocycles. The Morgan fingerprint density at radius 3 is 2.78 bits per heavy atom. The van der Waals surface area contributed by atoms with E-state index < -0.39 is 0 Å². The predicted molar refractivity (Wildman–Crippen MR) is 129 cm³/mol. The van der Waals surface area contributed by atoms with Crippen LogP contribution in [0.1, 0.15) is 24.8 Å². The zero-order chi connectivity index (χ0) is 22.3. The van der Waals surface area contributed by atoms with Gasteiger partial charge in [-0.25, -0.2) is 0 Å². The van der Waals surface area contributed by atoms with Gasteiger partial charge in [0.25, 0.3) is 0 Å². The smallest absolute Gasteiger partial charge is 0.224 e. The van der Waals surface area contributed by atoms with Gasteiger partial charge in [0.2, 0.25) is 5.91 Å². The summed E-state index contributed by atoms with van der Waals surface area (Å²) in [6, 6.07) is 9.63. The monoisotopic (exact) mass is 497 g/mol. The zero-order valence-electron chi connectivity index (χ0n) is 18.3. The molecule has 7 nitrogen and oxygen atoms in total. The Hall–Kier alpha value is -2.71. The number of carbonyl (C=O) groups is 1. The first-order chi connectivity index (χ1) is 15.6. The van der Waals surface area contributed by atoms with E-state index in [1.54, 1.807) is 23.3 Å². The van der Waals surface area contributed by atoms with Crippen LogP contribution >= 0.6 is 15.9 Å². The fraction of sp³-hybridized carbons (Fsp3) is 0.375. The molecule has 1 aromatic carbocycles. The van der Waals surface area contributed by atoms with Crippen molar-refractivity contribution in [1.29, 1.82) is 0 Å². The van der Waals surface area contributed by atoms with Crippen LogP contribution in [0.25, 0.3) is 11.3 Å². The average molecular weight is 498 g/mol. The van der Waals surface area contributed by atoms with Gasteiger partial charge in [0.15, 0.2) is 0 Å². The summed E-state index contributed by atoms with van der Waals surface area (Å²) in [5.74, 6) is 0.744. The third kappa shape index (κ3) is 5.75. The summed E-state index contributed by atoms with van der Waals surface area (Å²) >= 11 is 3.60. The predicted octanol–water partition coefficient (Wildman–Crippen LogP) is 4.29. The first-order valence-corrected chi connectivity index (χ1v) is 11.8. The molecule has 2 aromatic heterocycles. The second kappa shape index (κ2) is 10.7. The third-order valence-corrected chi connectivity index (χ3v) is 6.22. The number of anilines is 1. The van der Waals surface area contributed by atoms with Gasteiger partial charge >= 0.3 is 0 Å². The minimum atomic E-state index is -0.0356. The molecule has 168 valence electrons. The molecule has 0 bridgehead atoms. The Balaban J connectivity index is 1.47. The van der Waals surface area contributed by atoms with Crippen LogP contribution in [-0.4, -0.2) is 51.8 Å². The van der Waals surface area contributed by atoms with Crippen LogP contribution in [0.5, 0.6) is 5.75 Å². The van der Waals surface area contributed by atoms with Gasteiger partial charge < -0.3 is 10.1 Å². The third-order valence-electron chi connectivity index (χ3n) is 5.64. The lowest BCUT2D eigenvalue weighted by molar-refractivity contribution is -0.116. The summed E-state index contributed by atoms with van der Waals surface area (Å²) in [6.07, 6.45) is 8.87. The fourth-order valence-corrected chi connectivity index (χ4v) is 4.51. The Labute approximate surface area is 196 Å². The van der Waals surface area contributed by atoms with Crippen molar-refractivity contribution in [3.63, 3.8) is 0 Å². The van der Waals surface area contributed by atoms with Gasteiger partial charge in [-0.1, -0.05) is 6.07 Å². The standard InChI is InChI=1S/C24H28BrN5O2/c1-29-24(21(25)17-27-29)20-15-19(28-23(31)9-6-18-5-4-10-26-16-18)7-8-22(20)32-14-13-30-11-2-3-12-30/h4-5,7-8,10,15-17H,2-3,6,9,11-14H2,1H3,(H,28,31). The lowest BCUT2D eigenvalue weighted by Gasteiger charge is -2.18. The van der Waals surface area contributed by atoms with E-state index >= 15 is 0 Å². The number of nitrogens with one attached hydrogen (secondary N) is 1. The molecular formula is C24H28BrN5O2. The quantitative estimate of drug-likeness (QED) is 0.477. The molecule has 8 heteroatoms. The molecule has 0 radical (unpaired) electrons. The minimum absolute atomic E-state index is 0.0356. The normalized spacial score (nSPS) is 13.9. The van der Waals surface area contributed by atoms with Crippen molar-refractivity contribution in [1.82, 2.24) is 19.7 Å². The molecular weight excluding hydrogens is 470 g/mol. The van der Waals surface area contributed by atoms with Gasteiger partial charge in [0.1, 0.15) is 12.4 Å². The second-order valence-corrected chi connectivity index (χ2v) is 8.84. The van der Waals surface area contributed by atoms with E-state index in [-0.39, 0.29) is 5.91 Å². The number of hydrogen-bond donors (Lipinski definition) is 1. The highest BCUT2D eigenvalue weighted by molar-refractivity contribution is 9.10. The lowest BCUT2D eigenvalue weighted by atomic mass is 10.1. The lowest BCUT2D eigenvalue weighted by Crippen LogP contribution is -2.25. The number of ether oxygens (including phenoxy) is 1. The van der Waals surface area contributed by atoms with Crippen molar-refractivity contribution in [2.24, 2.45) is 7.05 Å². The number of benzene rings is 1. The molecule has 0 aliphatic carbocycles. The topological polar surface area (TPSA) is 72.3 Å². The second-order valence-electron chi connectivity index (χ2n) is 7.98. The Morgan fingerprint density at radius 2 is 2.06 bits per heavy atom. The van der Waals surface area contributed by atoms with Crippen LogP contribution in [0.3, 0.4) is 0 Å². The summed E-state index contributed by atoms with van der Waals surface area (Å²) < 4.78 is 8.86.